The van der Waals surface area contributed by atoms with Crippen molar-refractivity contribution in [2.45, 2.75) is 0 Å². The van der Waals surface area contributed by atoms with Gasteiger partial charge in [0.05, 0.1) is 23.3 Å². The number of ether oxygens (including phenoxy) is 1. The van der Waals surface area contributed by atoms with Crippen molar-refractivity contribution in [2.24, 2.45) is 0 Å². The third kappa shape index (κ3) is 4.15. The van der Waals surface area contributed by atoms with Crippen molar-refractivity contribution in [3.05, 3.63) is 75.2 Å². The molecule has 0 fully saturated rings. The number of hydrogen-bond acceptors (Lipinski definition) is 7. The molecule has 0 unspecified atom stereocenters. The molecule has 1 heterocycles. The van der Waals surface area contributed by atoms with Crippen LogP contribution in [0.1, 0.15) is 20.7 Å². The van der Waals surface area contributed by atoms with Gasteiger partial charge in [0.15, 0.2) is 5.13 Å². The van der Waals surface area contributed by atoms with Crippen LogP contribution in [0.3, 0.4) is 0 Å². The van der Waals surface area contributed by atoms with Gasteiger partial charge in [0, 0.05) is 28.6 Å². The predicted molar refractivity (Wildman–Crippen MR) is 99.9 cm³/mol. The fourth-order valence-electron chi connectivity index (χ4n) is 2.32. The lowest BCUT2D eigenvalue weighted by Crippen LogP contribution is -2.13. The summed E-state index contributed by atoms with van der Waals surface area (Å²) in [5, 5.41) is 15.6. The van der Waals surface area contributed by atoms with E-state index in [4.69, 9.17) is 0 Å². The van der Waals surface area contributed by atoms with Crippen molar-refractivity contribution in [1.82, 2.24) is 4.98 Å². The molecular formula is C18H13N3O5S. The van der Waals surface area contributed by atoms with Crippen molar-refractivity contribution in [3.8, 4) is 11.3 Å². The first kappa shape index (κ1) is 18.2. The number of methoxy groups -OCH3 is 1. The molecule has 0 saturated carbocycles. The smallest absolute Gasteiger partial charge is 0.337 e. The van der Waals surface area contributed by atoms with E-state index in [0.717, 1.165) is 0 Å². The van der Waals surface area contributed by atoms with Gasteiger partial charge in [-0.1, -0.05) is 18.2 Å². The molecule has 1 aromatic heterocycles. The number of thiazole rings is 1. The number of amides is 1. The first-order chi connectivity index (χ1) is 13.0. The second-order valence-corrected chi connectivity index (χ2v) is 6.23. The quantitative estimate of drug-likeness (QED) is 0.408. The monoisotopic (exact) mass is 383 g/mol. The maximum absolute atomic E-state index is 12.4. The van der Waals surface area contributed by atoms with Crippen LogP contribution in [0.4, 0.5) is 10.8 Å². The number of benzene rings is 2. The number of nitro groups is 1. The van der Waals surface area contributed by atoms with Crippen LogP contribution in [-0.2, 0) is 4.74 Å². The lowest BCUT2D eigenvalue weighted by atomic mass is 10.1. The molecule has 0 aliphatic heterocycles. The zero-order valence-corrected chi connectivity index (χ0v) is 14.9. The number of nitro benzene ring substituents is 1. The van der Waals surface area contributed by atoms with Crippen molar-refractivity contribution in [1.29, 1.82) is 0 Å². The minimum absolute atomic E-state index is 0.0364. The SMILES string of the molecule is COC(=O)c1cccc(C(=O)Nc2nc(-c3cccc([N+](=O)[O-])c3)cs2)c1. The molecule has 2 aromatic carbocycles. The van der Waals surface area contributed by atoms with Crippen molar-refractivity contribution >= 4 is 34.0 Å². The summed E-state index contributed by atoms with van der Waals surface area (Å²) >= 11 is 1.19. The Hall–Kier alpha value is -3.59. The standard InChI is InChI=1S/C18H13N3O5S/c1-26-17(23)13-6-2-5-12(8-13)16(22)20-18-19-15(10-27-18)11-4-3-7-14(9-11)21(24)25/h2-10H,1H3,(H,19,20,22). The van der Waals surface area contributed by atoms with Crippen LogP contribution in [0.5, 0.6) is 0 Å². The van der Waals surface area contributed by atoms with E-state index in [1.807, 2.05) is 0 Å². The minimum atomic E-state index is -0.535. The number of carbonyl (C=O) groups excluding carboxylic acids is 2. The van der Waals surface area contributed by atoms with Gasteiger partial charge in [-0.3, -0.25) is 20.2 Å². The summed E-state index contributed by atoms with van der Waals surface area (Å²) in [6.45, 7) is 0. The van der Waals surface area contributed by atoms with E-state index >= 15 is 0 Å². The van der Waals surface area contributed by atoms with Crippen LogP contribution in [0, 0.1) is 10.1 Å². The first-order valence-electron chi connectivity index (χ1n) is 7.68. The van der Waals surface area contributed by atoms with E-state index < -0.39 is 16.8 Å². The Morgan fingerprint density at radius 1 is 1.15 bits per heavy atom. The Labute approximate surface area is 157 Å². The van der Waals surface area contributed by atoms with Gasteiger partial charge in [0.1, 0.15) is 0 Å². The lowest BCUT2D eigenvalue weighted by Gasteiger charge is -2.04. The van der Waals surface area contributed by atoms with Gasteiger partial charge in [-0.2, -0.15) is 0 Å². The summed E-state index contributed by atoms with van der Waals surface area (Å²) in [5.41, 5.74) is 1.60. The molecular weight excluding hydrogens is 370 g/mol. The topological polar surface area (TPSA) is 111 Å². The molecule has 0 saturated heterocycles. The zero-order chi connectivity index (χ0) is 19.4. The zero-order valence-electron chi connectivity index (χ0n) is 14.0. The maximum Gasteiger partial charge on any atom is 0.337 e. The average molecular weight is 383 g/mol. The molecule has 136 valence electrons. The summed E-state index contributed by atoms with van der Waals surface area (Å²) in [7, 11) is 1.26. The van der Waals surface area contributed by atoms with Gasteiger partial charge in [0.25, 0.3) is 11.6 Å². The third-order valence-electron chi connectivity index (χ3n) is 3.62. The Bertz CT molecular complexity index is 1030. The first-order valence-corrected chi connectivity index (χ1v) is 8.56. The van der Waals surface area contributed by atoms with Crippen LogP contribution < -0.4 is 5.32 Å². The van der Waals surface area contributed by atoms with Crippen LogP contribution >= 0.6 is 11.3 Å². The van der Waals surface area contributed by atoms with Gasteiger partial charge in [-0.05, 0) is 18.2 Å². The van der Waals surface area contributed by atoms with Crippen molar-refractivity contribution < 1.29 is 19.2 Å². The minimum Gasteiger partial charge on any atom is -0.465 e. The molecule has 8 nitrogen and oxygen atoms in total. The van der Waals surface area contributed by atoms with Crippen LogP contribution in [0.15, 0.2) is 53.9 Å². The summed E-state index contributed by atoms with van der Waals surface area (Å²) < 4.78 is 4.64. The van der Waals surface area contributed by atoms with Crippen LogP contribution in [-0.4, -0.2) is 28.9 Å². The second-order valence-electron chi connectivity index (χ2n) is 5.37. The van der Waals surface area contributed by atoms with Gasteiger partial charge in [0.2, 0.25) is 0 Å². The highest BCUT2D eigenvalue weighted by Gasteiger charge is 2.14. The Balaban J connectivity index is 1.78. The van der Waals surface area contributed by atoms with E-state index in [0.29, 0.717) is 16.4 Å². The number of anilines is 1. The van der Waals surface area contributed by atoms with Crippen LogP contribution in [0.2, 0.25) is 0 Å². The molecule has 9 heteroatoms. The highest BCUT2D eigenvalue weighted by molar-refractivity contribution is 7.14. The highest BCUT2D eigenvalue weighted by Crippen LogP contribution is 2.27. The normalized spacial score (nSPS) is 10.3. The summed E-state index contributed by atoms with van der Waals surface area (Å²) in [6.07, 6.45) is 0. The molecule has 3 rings (SSSR count). The molecule has 1 N–H and O–H groups in total. The number of nitrogens with one attached hydrogen (secondary N) is 1. The number of esters is 1. The maximum atomic E-state index is 12.4. The number of nitrogens with zero attached hydrogens (tertiary/aromatic N) is 2. The molecule has 27 heavy (non-hydrogen) atoms. The number of non-ortho nitro benzene ring substituents is 1. The van der Waals surface area contributed by atoms with E-state index in [9.17, 15) is 19.7 Å². The summed E-state index contributed by atoms with van der Waals surface area (Å²) in [4.78, 5) is 38.7. The highest BCUT2D eigenvalue weighted by atomic mass is 32.1. The summed E-state index contributed by atoms with van der Waals surface area (Å²) in [6, 6.07) is 12.2. The molecule has 0 radical (unpaired) electrons. The second kappa shape index (κ2) is 7.75. The molecule has 0 atom stereocenters. The Morgan fingerprint density at radius 3 is 2.63 bits per heavy atom. The molecule has 3 aromatic rings. The van der Waals surface area contributed by atoms with Gasteiger partial charge in [-0.25, -0.2) is 9.78 Å². The molecule has 0 spiro atoms. The number of rotatable bonds is 5. The van der Waals surface area contributed by atoms with Gasteiger partial charge < -0.3 is 4.74 Å². The Kier molecular flexibility index (Phi) is 5.23. The Morgan fingerprint density at radius 2 is 1.89 bits per heavy atom. The van der Waals surface area contributed by atoms with E-state index in [1.54, 1.807) is 35.7 Å². The summed E-state index contributed by atoms with van der Waals surface area (Å²) in [5.74, 6) is -0.965. The van der Waals surface area contributed by atoms with Crippen molar-refractivity contribution in [2.75, 3.05) is 12.4 Å². The largest absolute Gasteiger partial charge is 0.465 e. The number of carbonyl (C=O) groups is 2. The fourth-order valence-corrected chi connectivity index (χ4v) is 3.03. The van der Waals surface area contributed by atoms with Crippen molar-refractivity contribution in [3.63, 3.8) is 0 Å². The third-order valence-corrected chi connectivity index (χ3v) is 4.38. The van der Waals surface area contributed by atoms with Gasteiger partial charge in [-0.15, -0.1) is 11.3 Å². The predicted octanol–water partition coefficient (Wildman–Crippen LogP) is 3.76. The molecule has 0 bridgehead atoms. The molecule has 0 aliphatic rings. The van der Waals surface area contributed by atoms with Gasteiger partial charge >= 0.3 is 5.97 Å². The van der Waals surface area contributed by atoms with E-state index in [1.165, 1.54) is 36.6 Å². The average Bonchev–Trinajstić information content (AvgIpc) is 3.16. The molecule has 0 aliphatic carbocycles. The molecule has 1 amide bonds. The van der Waals surface area contributed by atoms with E-state index in [-0.39, 0.29) is 16.8 Å². The lowest BCUT2D eigenvalue weighted by molar-refractivity contribution is -0.384. The number of hydrogen-bond donors (Lipinski definition) is 1. The number of aromatic nitrogens is 1. The fraction of sp³-hybridized carbons (Fsp3) is 0.0556. The van der Waals surface area contributed by atoms with Crippen LogP contribution in [0.25, 0.3) is 11.3 Å². The van der Waals surface area contributed by atoms with E-state index in [2.05, 4.69) is 15.0 Å².